The minimum Gasteiger partial charge on any atom is -0.381 e. The van der Waals surface area contributed by atoms with Gasteiger partial charge in [0.25, 0.3) is 0 Å². The Balaban J connectivity index is 1.17. The minimum absolute atomic E-state index is 0.266. The fourth-order valence-electron chi connectivity index (χ4n) is 6.17. The van der Waals surface area contributed by atoms with Crippen LogP contribution in [0.1, 0.15) is 29.5 Å². The van der Waals surface area contributed by atoms with E-state index in [9.17, 15) is 8.78 Å². The Morgan fingerprint density at radius 1 is 1.05 bits per heavy atom. The van der Waals surface area contributed by atoms with Crippen molar-refractivity contribution in [1.29, 1.82) is 0 Å². The van der Waals surface area contributed by atoms with Crippen molar-refractivity contribution in [2.24, 2.45) is 0 Å². The molecule has 3 aliphatic rings. The van der Waals surface area contributed by atoms with Gasteiger partial charge in [-0.1, -0.05) is 30.3 Å². The summed E-state index contributed by atoms with van der Waals surface area (Å²) in [6.07, 6.45) is 0.820. The number of hydrogen-bond acceptors (Lipinski definition) is 8. The molecule has 1 aromatic heterocycles. The Kier molecular flexibility index (Phi) is 8.46. The maximum atomic E-state index is 13.7. The Morgan fingerprint density at radius 3 is 2.60 bits per heavy atom. The SMILES string of the molecule is C=C1NCc2cccc(Nc3nc(Nc4ccc(N5CCC(N6CCN(C)CC6)CC5)cc4CC(F)F)ncc3Cl)c21. The summed E-state index contributed by atoms with van der Waals surface area (Å²) < 4.78 is 27.4. The number of alkyl halides is 2. The number of halogens is 3. The maximum Gasteiger partial charge on any atom is 0.242 e. The molecule has 0 bridgehead atoms. The lowest BCUT2D eigenvalue weighted by Crippen LogP contribution is -2.52. The molecular formula is C31H37ClF2N8. The highest BCUT2D eigenvalue weighted by atomic mass is 35.5. The van der Waals surface area contributed by atoms with Gasteiger partial charge in [-0.2, -0.15) is 4.98 Å². The predicted molar refractivity (Wildman–Crippen MR) is 166 cm³/mol. The van der Waals surface area contributed by atoms with Gasteiger partial charge in [0.05, 0.1) is 6.20 Å². The summed E-state index contributed by atoms with van der Waals surface area (Å²) in [7, 11) is 2.18. The van der Waals surface area contributed by atoms with E-state index in [4.69, 9.17) is 11.6 Å². The summed E-state index contributed by atoms with van der Waals surface area (Å²) in [5.41, 5.74) is 5.83. The lowest BCUT2D eigenvalue weighted by atomic mass is 10.0. The number of benzene rings is 2. The molecule has 0 radical (unpaired) electrons. The first-order valence-corrected chi connectivity index (χ1v) is 14.9. The maximum absolute atomic E-state index is 13.7. The first-order chi connectivity index (χ1) is 20.3. The van der Waals surface area contributed by atoms with Crippen molar-refractivity contribution in [2.45, 2.75) is 38.3 Å². The van der Waals surface area contributed by atoms with E-state index in [0.717, 1.165) is 80.3 Å². The quantitative estimate of drug-likeness (QED) is 0.306. The summed E-state index contributed by atoms with van der Waals surface area (Å²) >= 11 is 6.45. The summed E-state index contributed by atoms with van der Waals surface area (Å²) in [6.45, 7) is 11.1. The van der Waals surface area contributed by atoms with E-state index < -0.39 is 6.43 Å². The van der Waals surface area contributed by atoms with Crippen LogP contribution in [0.4, 0.5) is 37.6 Å². The monoisotopic (exact) mass is 594 g/mol. The van der Waals surface area contributed by atoms with Crippen LogP contribution in [0.3, 0.4) is 0 Å². The summed E-state index contributed by atoms with van der Waals surface area (Å²) in [4.78, 5) is 16.2. The second-order valence-corrected chi connectivity index (χ2v) is 11.7. The van der Waals surface area contributed by atoms with E-state index in [-0.39, 0.29) is 12.4 Å². The number of piperidine rings is 1. The van der Waals surface area contributed by atoms with E-state index in [1.165, 1.54) is 6.20 Å². The van der Waals surface area contributed by atoms with E-state index in [1.807, 2.05) is 36.4 Å². The van der Waals surface area contributed by atoms with Gasteiger partial charge in [-0.25, -0.2) is 13.8 Å². The van der Waals surface area contributed by atoms with Crippen LogP contribution in [0, 0.1) is 0 Å². The average molecular weight is 595 g/mol. The van der Waals surface area contributed by atoms with Gasteiger partial charge >= 0.3 is 0 Å². The third-order valence-electron chi connectivity index (χ3n) is 8.54. The first kappa shape index (κ1) is 28.6. The molecule has 6 rings (SSSR count). The van der Waals surface area contributed by atoms with Crippen molar-refractivity contribution in [1.82, 2.24) is 25.1 Å². The molecule has 0 spiro atoms. The molecular weight excluding hydrogens is 558 g/mol. The van der Waals surface area contributed by atoms with Crippen molar-refractivity contribution < 1.29 is 8.78 Å². The van der Waals surface area contributed by atoms with Crippen LogP contribution in [0.5, 0.6) is 0 Å². The fraction of sp³-hybridized carbons (Fsp3) is 0.419. The number of nitrogens with zero attached hydrogens (tertiary/aromatic N) is 5. The summed E-state index contributed by atoms with van der Waals surface area (Å²) in [5, 5.41) is 10.1. The number of nitrogens with one attached hydrogen (secondary N) is 3. The summed E-state index contributed by atoms with van der Waals surface area (Å²) in [6, 6.07) is 12.3. The number of rotatable bonds is 8. The molecule has 2 saturated heterocycles. The molecule has 4 heterocycles. The highest BCUT2D eigenvalue weighted by Crippen LogP contribution is 2.35. The number of hydrogen-bond donors (Lipinski definition) is 3. The van der Waals surface area contributed by atoms with Crippen molar-refractivity contribution in [2.75, 3.05) is 61.8 Å². The Labute approximate surface area is 250 Å². The molecule has 222 valence electrons. The van der Waals surface area contributed by atoms with Crippen LogP contribution in [-0.2, 0) is 13.0 Å². The third kappa shape index (κ3) is 6.30. The Bertz CT molecular complexity index is 1430. The number of likely N-dealkylation sites (N-methyl/N-ethyl adjacent to an activating group) is 1. The number of fused-ring (bicyclic) bond motifs is 1. The van der Waals surface area contributed by atoms with Gasteiger partial charge in [0.1, 0.15) is 5.02 Å². The zero-order valence-corrected chi connectivity index (χ0v) is 24.6. The molecule has 2 fully saturated rings. The predicted octanol–water partition coefficient (Wildman–Crippen LogP) is 5.71. The van der Waals surface area contributed by atoms with Crippen LogP contribution >= 0.6 is 11.6 Å². The molecule has 3 aliphatic heterocycles. The molecule has 0 amide bonds. The van der Waals surface area contributed by atoms with E-state index in [1.54, 1.807) is 0 Å². The number of aromatic nitrogens is 2. The average Bonchev–Trinajstić information content (AvgIpc) is 3.37. The second kappa shape index (κ2) is 12.4. The van der Waals surface area contributed by atoms with Gasteiger partial charge in [-0.15, -0.1) is 0 Å². The van der Waals surface area contributed by atoms with Crippen molar-refractivity contribution >= 4 is 46.1 Å². The molecule has 0 saturated carbocycles. The molecule has 8 nitrogen and oxygen atoms in total. The van der Waals surface area contributed by atoms with Crippen molar-refractivity contribution in [3.05, 3.63) is 70.9 Å². The molecule has 3 aromatic rings. The third-order valence-corrected chi connectivity index (χ3v) is 8.81. The van der Waals surface area contributed by atoms with Gasteiger partial charge in [0, 0.05) is 86.6 Å². The zero-order valence-electron chi connectivity index (χ0n) is 23.8. The largest absolute Gasteiger partial charge is 0.381 e. The zero-order chi connectivity index (χ0) is 29.2. The van der Waals surface area contributed by atoms with E-state index >= 15 is 0 Å². The molecule has 0 unspecified atom stereocenters. The molecule has 2 aromatic carbocycles. The fourth-order valence-corrected chi connectivity index (χ4v) is 6.31. The topological polar surface area (TPSA) is 71.6 Å². The van der Waals surface area contributed by atoms with Crippen LogP contribution in [0.2, 0.25) is 5.02 Å². The summed E-state index contributed by atoms with van der Waals surface area (Å²) in [5.74, 6) is 0.681. The van der Waals surface area contributed by atoms with Crippen molar-refractivity contribution in [3.8, 4) is 0 Å². The van der Waals surface area contributed by atoms with Crippen LogP contribution in [0.15, 0.2) is 49.2 Å². The Morgan fingerprint density at radius 2 is 1.83 bits per heavy atom. The highest BCUT2D eigenvalue weighted by molar-refractivity contribution is 6.33. The first-order valence-electron chi connectivity index (χ1n) is 14.5. The van der Waals surface area contributed by atoms with Crippen LogP contribution in [-0.4, -0.2) is 78.6 Å². The van der Waals surface area contributed by atoms with Gasteiger partial charge in [-0.3, -0.25) is 4.90 Å². The molecule has 11 heteroatoms. The lowest BCUT2D eigenvalue weighted by Gasteiger charge is -2.42. The minimum atomic E-state index is -2.48. The Hall–Kier alpha value is -3.47. The normalized spacial score (nSPS) is 18.3. The van der Waals surface area contributed by atoms with Gasteiger partial charge in [0.2, 0.25) is 12.4 Å². The lowest BCUT2D eigenvalue weighted by molar-refractivity contribution is 0.0982. The number of piperazine rings is 1. The van der Waals surface area contributed by atoms with Gasteiger partial charge < -0.3 is 25.8 Å². The van der Waals surface area contributed by atoms with Gasteiger partial charge in [0.15, 0.2) is 5.82 Å². The highest BCUT2D eigenvalue weighted by Gasteiger charge is 2.27. The van der Waals surface area contributed by atoms with Crippen LogP contribution < -0.4 is 20.9 Å². The smallest absolute Gasteiger partial charge is 0.242 e. The molecule has 3 N–H and O–H groups in total. The van der Waals surface area contributed by atoms with Crippen LogP contribution in [0.25, 0.3) is 5.70 Å². The molecule has 0 aliphatic carbocycles. The number of anilines is 5. The molecule has 0 atom stereocenters. The standard InChI is InChI=1S/C31H37ClF2N8/c1-20-29-21(18-35-20)4-3-5-27(29)37-30-25(32)19-36-31(39-30)38-26-7-6-24(16-22(26)17-28(33)34)41-10-8-23(9-11-41)42-14-12-40(2)13-15-42/h3-7,16,19,23,28,35H,1,8-15,17-18H2,2H3,(H2,36,37,38,39). The van der Waals surface area contributed by atoms with Crippen molar-refractivity contribution in [3.63, 3.8) is 0 Å². The van der Waals surface area contributed by atoms with Gasteiger partial charge in [-0.05, 0) is 55.3 Å². The second-order valence-electron chi connectivity index (χ2n) is 11.3. The van der Waals surface area contributed by atoms with E-state index in [0.29, 0.717) is 34.7 Å². The van der Waals surface area contributed by atoms with E-state index in [2.05, 4.69) is 54.2 Å². The molecule has 42 heavy (non-hydrogen) atoms.